The van der Waals surface area contributed by atoms with Crippen LogP contribution in [0.25, 0.3) is 0 Å². The third kappa shape index (κ3) is 6.99. The van der Waals surface area contributed by atoms with Crippen molar-refractivity contribution < 1.29 is 14.7 Å². The summed E-state index contributed by atoms with van der Waals surface area (Å²) in [6, 6.07) is 9.86. The first-order chi connectivity index (χ1) is 13.3. The number of hydrogen-bond acceptors (Lipinski definition) is 2. The Morgan fingerprint density at radius 2 is 1.61 bits per heavy atom. The van der Waals surface area contributed by atoms with Crippen molar-refractivity contribution in [2.24, 2.45) is 7.05 Å². The Balaban J connectivity index is 0.000000336. The maximum absolute atomic E-state index is 12.6. The van der Waals surface area contributed by atoms with Crippen molar-refractivity contribution in [2.75, 3.05) is 0 Å². The fourth-order valence-electron chi connectivity index (χ4n) is 3.33. The van der Waals surface area contributed by atoms with Crippen molar-refractivity contribution in [2.45, 2.75) is 72.6 Å². The van der Waals surface area contributed by atoms with Gasteiger partial charge in [-0.1, -0.05) is 63.8 Å². The van der Waals surface area contributed by atoms with Crippen LogP contribution in [-0.2, 0) is 18.3 Å². The molecule has 1 heterocycles. The molecule has 0 atom stereocenters. The summed E-state index contributed by atoms with van der Waals surface area (Å²) in [7, 11) is 1.97. The van der Waals surface area contributed by atoms with Crippen molar-refractivity contribution in [1.29, 1.82) is 0 Å². The number of hydrogen-bond donors (Lipinski definition) is 1. The van der Waals surface area contributed by atoms with E-state index in [1.54, 1.807) is 0 Å². The summed E-state index contributed by atoms with van der Waals surface area (Å²) in [5.41, 5.74) is 4.89. The first kappa shape index (κ1) is 23.7. The molecular formula is C24H35NO3. The van der Waals surface area contributed by atoms with Crippen molar-refractivity contribution in [3.63, 3.8) is 0 Å². The van der Waals surface area contributed by atoms with Gasteiger partial charge in [0, 0.05) is 24.7 Å². The topological polar surface area (TPSA) is 59.3 Å². The van der Waals surface area contributed by atoms with Gasteiger partial charge in [-0.15, -0.1) is 0 Å². The number of aromatic nitrogens is 1. The number of nitrogens with zero attached hydrogens (tertiary/aromatic N) is 1. The SMILES string of the molecule is CCCCCCCC(=O)O.CCc1cc(C)c(C(=O)c2ccccc2C)n1C. The van der Waals surface area contributed by atoms with E-state index in [0.29, 0.717) is 6.42 Å². The molecule has 1 N–H and O–H groups in total. The molecule has 0 fully saturated rings. The molecule has 0 radical (unpaired) electrons. The van der Waals surface area contributed by atoms with E-state index in [2.05, 4.69) is 19.9 Å². The van der Waals surface area contributed by atoms with Gasteiger partial charge in [0.1, 0.15) is 0 Å². The Hall–Kier alpha value is -2.36. The Bertz CT molecular complexity index is 774. The minimum atomic E-state index is -0.670. The molecule has 0 aliphatic carbocycles. The fraction of sp³-hybridized carbons (Fsp3) is 0.500. The summed E-state index contributed by atoms with van der Waals surface area (Å²) in [5, 5.41) is 8.27. The van der Waals surface area contributed by atoms with Gasteiger partial charge in [0.25, 0.3) is 0 Å². The predicted octanol–water partition coefficient (Wildman–Crippen LogP) is 5.87. The lowest BCUT2D eigenvalue weighted by atomic mass is 10.0. The number of carboxylic acids is 1. The third-order valence-corrected chi connectivity index (χ3v) is 4.98. The number of carbonyl (C=O) groups is 2. The van der Waals surface area contributed by atoms with Crippen LogP contribution in [0.2, 0.25) is 0 Å². The number of unbranched alkanes of at least 4 members (excludes halogenated alkanes) is 4. The molecule has 154 valence electrons. The van der Waals surface area contributed by atoms with E-state index in [-0.39, 0.29) is 5.78 Å². The van der Waals surface area contributed by atoms with Crippen LogP contribution in [0.15, 0.2) is 30.3 Å². The van der Waals surface area contributed by atoms with Gasteiger partial charge in [0.05, 0.1) is 5.69 Å². The summed E-state index contributed by atoms with van der Waals surface area (Å²) < 4.78 is 2.02. The number of ketones is 1. The van der Waals surface area contributed by atoms with Crippen LogP contribution in [0.4, 0.5) is 0 Å². The lowest BCUT2D eigenvalue weighted by molar-refractivity contribution is -0.137. The van der Waals surface area contributed by atoms with E-state index in [1.807, 2.05) is 49.7 Å². The van der Waals surface area contributed by atoms with Crippen LogP contribution >= 0.6 is 0 Å². The predicted molar refractivity (Wildman–Crippen MR) is 115 cm³/mol. The molecule has 0 saturated carbocycles. The van der Waals surface area contributed by atoms with E-state index in [0.717, 1.165) is 41.6 Å². The Kier molecular flexibility index (Phi) is 10.3. The normalized spacial score (nSPS) is 10.3. The van der Waals surface area contributed by atoms with Crippen molar-refractivity contribution in [3.05, 3.63) is 58.4 Å². The lowest BCUT2D eigenvalue weighted by Gasteiger charge is -2.08. The third-order valence-electron chi connectivity index (χ3n) is 4.98. The van der Waals surface area contributed by atoms with Crippen LogP contribution in [-0.4, -0.2) is 21.4 Å². The van der Waals surface area contributed by atoms with Crippen LogP contribution in [0.1, 0.15) is 85.2 Å². The van der Waals surface area contributed by atoms with Gasteiger partial charge in [-0.25, -0.2) is 0 Å². The zero-order valence-corrected chi connectivity index (χ0v) is 18.0. The number of aliphatic carboxylic acids is 1. The quantitative estimate of drug-likeness (QED) is 0.434. The molecule has 28 heavy (non-hydrogen) atoms. The number of carboxylic acid groups (broad SMARTS) is 1. The summed E-state index contributed by atoms with van der Waals surface area (Å²) in [5.74, 6) is -0.552. The number of carbonyl (C=O) groups excluding carboxylic acids is 1. The van der Waals surface area contributed by atoms with Gasteiger partial charge >= 0.3 is 5.97 Å². The average molecular weight is 386 g/mol. The number of benzene rings is 1. The molecule has 0 aliphatic heterocycles. The molecule has 0 amide bonds. The molecule has 0 saturated heterocycles. The minimum Gasteiger partial charge on any atom is -0.481 e. The molecule has 2 aromatic rings. The largest absolute Gasteiger partial charge is 0.481 e. The maximum Gasteiger partial charge on any atom is 0.303 e. The standard InChI is InChI=1S/C16H19NO.C8H16O2/c1-5-13-10-12(3)15(17(13)4)16(18)14-9-7-6-8-11(14)2;1-2-3-4-5-6-7-8(9)10/h6-10H,5H2,1-4H3;2-7H2,1H3,(H,9,10). The monoisotopic (exact) mass is 385 g/mol. The molecule has 4 heteroatoms. The van der Waals surface area contributed by atoms with Gasteiger partial charge in [-0.3, -0.25) is 9.59 Å². The second kappa shape index (κ2) is 12.2. The first-order valence-corrected chi connectivity index (χ1v) is 10.3. The fourth-order valence-corrected chi connectivity index (χ4v) is 3.33. The van der Waals surface area contributed by atoms with E-state index in [4.69, 9.17) is 5.11 Å². The van der Waals surface area contributed by atoms with Gasteiger partial charge in [-0.05, 0) is 43.9 Å². The first-order valence-electron chi connectivity index (χ1n) is 10.3. The summed E-state index contributed by atoms with van der Waals surface area (Å²) in [4.78, 5) is 22.6. The zero-order valence-electron chi connectivity index (χ0n) is 18.0. The van der Waals surface area contributed by atoms with Crippen LogP contribution in [0, 0.1) is 13.8 Å². The molecule has 1 aromatic heterocycles. The van der Waals surface area contributed by atoms with Gasteiger partial charge < -0.3 is 9.67 Å². The van der Waals surface area contributed by atoms with E-state index in [9.17, 15) is 9.59 Å². The highest BCUT2D eigenvalue weighted by molar-refractivity contribution is 6.09. The average Bonchev–Trinajstić information content (AvgIpc) is 2.95. The highest BCUT2D eigenvalue weighted by Gasteiger charge is 2.18. The van der Waals surface area contributed by atoms with Crippen molar-refractivity contribution >= 4 is 11.8 Å². The molecule has 4 nitrogen and oxygen atoms in total. The minimum absolute atomic E-state index is 0.118. The van der Waals surface area contributed by atoms with Crippen molar-refractivity contribution in [1.82, 2.24) is 4.57 Å². The molecule has 0 aliphatic rings. The van der Waals surface area contributed by atoms with Gasteiger partial charge in [-0.2, -0.15) is 0 Å². The highest BCUT2D eigenvalue weighted by Crippen LogP contribution is 2.20. The lowest BCUT2D eigenvalue weighted by Crippen LogP contribution is -2.11. The Morgan fingerprint density at radius 1 is 0.964 bits per heavy atom. The van der Waals surface area contributed by atoms with Crippen LogP contribution in [0.5, 0.6) is 0 Å². The smallest absolute Gasteiger partial charge is 0.303 e. The maximum atomic E-state index is 12.6. The van der Waals surface area contributed by atoms with Gasteiger partial charge in [0.2, 0.25) is 5.78 Å². The summed E-state index contributed by atoms with van der Waals surface area (Å²) in [6.07, 6.45) is 6.83. The van der Waals surface area contributed by atoms with Crippen molar-refractivity contribution in [3.8, 4) is 0 Å². The Morgan fingerprint density at radius 3 is 2.14 bits per heavy atom. The molecular weight excluding hydrogens is 350 g/mol. The van der Waals surface area contributed by atoms with Crippen LogP contribution in [0.3, 0.4) is 0 Å². The summed E-state index contributed by atoms with van der Waals surface area (Å²) in [6.45, 7) is 8.24. The second-order valence-corrected chi connectivity index (χ2v) is 7.28. The number of rotatable bonds is 9. The summed E-state index contributed by atoms with van der Waals surface area (Å²) >= 11 is 0. The van der Waals surface area contributed by atoms with Crippen LogP contribution < -0.4 is 0 Å². The van der Waals surface area contributed by atoms with E-state index in [1.165, 1.54) is 25.0 Å². The molecule has 0 unspecified atom stereocenters. The molecule has 2 rings (SSSR count). The van der Waals surface area contributed by atoms with Gasteiger partial charge in [0.15, 0.2) is 0 Å². The Labute approximate surface area is 169 Å². The zero-order chi connectivity index (χ0) is 21.1. The number of aryl methyl sites for hydroxylation is 3. The van der Waals surface area contributed by atoms with E-state index >= 15 is 0 Å². The molecule has 0 bridgehead atoms. The molecule has 0 spiro atoms. The highest BCUT2D eigenvalue weighted by atomic mass is 16.4. The molecule has 1 aromatic carbocycles. The second-order valence-electron chi connectivity index (χ2n) is 7.28. The van der Waals surface area contributed by atoms with E-state index < -0.39 is 5.97 Å².